The molecule has 0 aliphatic carbocycles. The molecule has 124 valence electrons. The number of aromatic amines is 1. The van der Waals surface area contributed by atoms with Gasteiger partial charge in [0.05, 0.1) is 24.2 Å². The molecule has 0 atom stereocenters. The van der Waals surface area contributed by atoms with E-state index in [2.05, 4.69) is 20.0 Å². The maximum atomic E-state index is 12.4. The maximum Gasteiger partial charge on any atom is 0.255 e. The summed E-state index contributed by atoms with van der Waals surface area (Å²) in [6, 6.07) is 10.6. The second kappa shape index (κ2) is 6.42. The highest BCUT2D eigenvalue weighted by atomic mass is 32.2. The number of anilines is 1. The third-order valence-corrected chi connectivity index (χ3v) is 4.11. The number of nitrogens with one attached hydrogen (secondary N) is 3. The molecule has 0 radical (unpaired) electrons. The van der Waals surface area contributed by atoms with Crippen molar-refractivity contribution in [3.05, 3.63) is 60.0 Å². The Morgan fingerprint density at radius 2 is 2.08 bits per heavy atom. The van der Waals surface area contributed by atoms with Gasteiger partial charge in [0.25, 0.3) is 5.91 Å². The fraction of sp³-hybridized carbons (Fsp3) is 0.125. The van der Waals surface area contributed by atoms with E-state index < -0.39 is 10.0 Å². The zero-order valence-electron chi connectivity index (χ0n) is 12.9. The summed E-state index contributed by atoms with van der Waals surface area (Å²) in [6.07, 6.45) is 4.36. The summed E-state index contributed by atoms with van der Waals surface area (Å²) in [5.74, 6) is -0.285. The predicted octanol–water partition coefficient (Wildman–Crippen LogP) is 1.86. The SMILES string of the molecule is CS(=O)(=O)NCc1cc(C(=O)Nc2cccc3[nH]ccc23)ccn1. The number of carbonyl (C=O) groups excluding carboxylic acids is 1. The quantitative estimate of drug-likeness (QED) is 0.657. The van der Waals surface area contributed by atoms with Crippen molar-refractivity contribution in [2.75, 3.05) is 11.6 Å². The second-order valence-electron chi connectivity index (χ2n) is 5.33. The predicted molar refractivity (Wildman–Crippen MR) is 92.2 cm³/mol. The minimum absolute atomic E-state index is 0.0351. The molecule has 7 nitrogen and oxygen atoms in total. The monoisotopic (exact) mass is 344 g/mol. The van der Waals surface area contributed by atoms with Crippen LogP contribution in [0.1, 0.15) is 16.1 Å². The minimum atomic E-state index is -3.32. The zero-order chi connectivity index (χ0) is 17.2. The molecule has 2 heterocycles. The van der Waals surface area contributed by atoms with E-state index in [0.29, 0.717) is 16.9 Å². The highest BCUT2D eigenvalue weighted by Crippen LogP contribution is 2.22. The van der Waals surface area contributed by atoms with Crippen LogP contribution in [0.15, 0.2) is 48.8 Å². The number of sulfonamides is 1. The summed E-state index contributed by atoms with van der Waals surface area (Å²) >= 11 is 0. The van der Waals surface area contributed by atoms with Crippen LogP contribution in [-0.2, 0) is 16.6 Å². The average Bonchev–Trinajstić information content (AvgIpc) is 3.02. The van der Waals surface area contributed by atoms with E-state index in [-0.39, 0.29) is 12.5 Å². The van der Waals surface area contributed by atoms with E-state index in [9.17, 15) is 13.2 Å². The van der Waals surface area contributed by atoms with Gasteiger partial charge in [0.1, 0.15) is 0 Å². The topological polar surface area (TPSA) is 104 Å². The van der Waals surface area contributed by atoms with Crippen molar-refractivity contribution < 1.29 is 13.2 Å². The normalized spacial score (nSPS) is 11.5. The van der Waals surface area contributed by atoms with Gasteiger partial charge in [-0.15, -0.1) is 0 Å². The second-order valence-corrected chi connectivity index (χ2v) is 7.16. The first kappa shape index (κ1) is 16.2. The summed E-state index contributed by atoms with van der Waals surface area (Å²) in [5.41, 5.74) is 2.50. The Kier molecular flexibility index (Phi) is 4.32. The van der Waals surface area contributed by atoms with Crippen molar-refractivity contribution in [1.82, 2.24) is 14.7 Å². The first-order valence-corrected chi connectivity index (χ1v) is 9.08. The van der Waals surface area contributed by atoms with Crippen molar-refractivity contribution in [3.63, 3.8) is 0 Å². The number of benzene rings is 1. The molecule has 0 fully saturated rings. The summed E-state index contributed by atoms with van der Waals surface area (Å²) in [6.45, 7) is 0.0351. The van der Waals surface area contributed by atoms with Crippen LogP contribution in [0, 0.1) is 0 Å². The number of amides is 1. The third-order valence-electron chi connectivity index (χ3n) is 3.44. The molecular weight excluding hydrogens is 328 g/mol. The number of carbonyl (C=O) groups is 1. The van der Waals surface area contributed by atoms with Crippen LogP contribution in [0.25, 0.3) is 10.9 Å². The highest BCUT2D eigenvalue weighted by molar-refractivity contribution is 7.88. The molecule has 0 saturated heterocycles. The Bertz CT molecular complexity index is 995. The zero-order valence-corrected chi connectivity index (χ0v) is 13.7. The first-order valence-electron chi connectivity index (χ1n) is 7.19. The molecule has 3 aromatic rings. The molecule has 0 aliphatic rings. The summed E-state index contributed by atoms with van der Waals surface area (Å²) in [5, 5.41) is 3.78. The lowest BCUT2D eigenvalue weighted by molar-refractivity contribution is 0.102. The Labute approximate surface area is 139 Å². The van der Waals surface area contributed by atoms with E-state index in [1.165, 1.54) is 6.20 Å². The number of aromatic nitrogens is 2. The Morgan fingerprint density at radius 1 is 1.25 bits per heavy atom. The molecule has 0 saturated carbocycles. The lowest BCUT2D eigenvalue weighted by Crippen LogP contribution is -2.22. The smallest absolute Gasteiger partial charge is 0.255 e. The van der Waals surface area contributed by atoms with E-state index in [1.807, 2.05) is 30.5 Å². The highest BCUT2D eigenvalue weighted by Gasteiger charge is 2.10. The first-order chi connectivity index (χ1) is 11.4. The Hall–Kier alpha value is -2.71. The van der Waals surface area contributed by atoms with Crippen molar-refractivity contribution in [1.29, 1.82) is 0 Å². The molecule has 3 N–H and O–H groups in total. The molecular formula is C16H16N4O3S. The Balaban J connectivity index is 1.79. The number of fused-ring (bicyclic) bond motifs is 1. The lowest BCUT2D eigenvalue weighted by atomic mass is 10.2. The van der Waals surface area contributed by atoms with E-state index in [1.54, 1.807) is 12.1 Å². The molecule has 1 aromatic carbocycles. The number of hydrogen-bond acceptors (Lipinski definition) is 4. The van der Waals surface area contributed by atoms with Gasteiger partial charge in [-0.2, -0.15) is 0 Å². The largest absolute Gasteiger partial charge is 0.361 e. The number of H-pyrrole nitrogens is 1. The molecule has 0 spiro atoms. The van der Waals surface area contributed by atoms with Gasteiger partial charge < -0.3 is 10.3 Å². The number of hydrogen-bond donors (Lipinski definition) is 3. The fourth-order valence-electron chi connectivity index (χ4n) is 2.31. The lowest BCUT2D eigenvalue weighted by Gasteiger charge is -2.08. The van der Waals surface area contributed by atoms with Crippen molar-refractivity contribution in [3.8, 4) is 0 Å². The summed E-state index contributed by atoms with van der Waals surface area (Å²) < 4.78 is 24.6. The van der Waals surface area contributed by atoms with Crippen molar-refractivity contribution >= 4 is 32.5 Å². The van der Waals surface area contributed by atoms with Crippen LogP contribution < -0.4 is 10.0 Å². The maximum absolute atomic E-state index is 12.4. The van der Waals surface area contributed by atoms with Gasteiger partial charge in [-0.05, 0) is 30.3 Å². The van der Waals surface area contributed by atoms with Crippen LogP contribution >= 0.6 is 0 Å². The van der Waals surface area contributed by atoms with Gasteiger partial charge in [0, 0.05) is 28.9 Å². The van der Waals surface area contributed by atoms with Crippen LogP contribution in [-0.4, -0.2) is 30.5 Å². The van der Waals surface area contributed by atoms with Gasteiger partial charge in [-0.1, -0.05) is 6.07 Å². The van der Waals surface area contributed by atoms with Gasteiger partial charge in [-0.3, -0.25) is 9.78 Å². The molecule has 24 heavy (non-hydrogen) atoms. The van der Waals surface area contributed by atoms with Crippen LogP contribution in [0.5, 0.6) is 0 Å². The van der Waals surface area contributed by atoms with Gasteiger partial charge in [-0.25, -0.2) is 13.1 Å². The third kappa shape index (κ3) is 3.79. The van der Waals surface area contributed by atoms with E-state index in [0.717, 1.165) is 17.2 Å². The molecule has 0 bridgehead atoms. The van der Waals surface area contributed by atoms with Crippen LogP contribution in [0.4, 0.5) is 5.69 Å². The molecule has 1 amide bonds. The molecule has 2 aromatic heterocycles. The van der Waals surface area contributed by atoms with Crippen molar-refractivity contribution in [2.24, 2.45) is 0 Å². The molecule has 0 aliphatic heterocycles. The molecule has 3 rings (SSSR count). The van der Waals surface area contributed by atoms with E-state index >= 15 is 0 Å². The number of pyridine rings is 1. The number of nitrogens with zero attached hydrogens (tertiary/aromatic N) is 1. The summed E-state index contributed by atoms with van der Waals surface area (Å²) in [4.78, 5) is 19.6. The van der Waals surface area contributed by atoms with Crippen LogP contribution in [0.2, 0.25) is 0 Å². The van der Waals surface area contributed by atoms with Gasteiger partial charge in [0.15, 0.2) is 0 Å². The fourth-order valence-corrected chi connectivity index (χ4v) is 2.72. The van der Waals surface area contributed by atoms with Gasteiger partial charge in [0.2, 0.25) is 10.0 Å². The molecule has 8 heteroatoms. The number of rotatable bonds is 5. The van der Waals surface area contributed by atoms with E-state index in [4.69, 9.17) is 0 Å². The molecule has 0 unspecified atom stereocenters. The summed E-state index contributed by atoms with van der Waals surface area (Å²) in [7, 11) is -3.32. The Morgan fingerprint density at radius 3 is 2.88 bits per heavy atom. The standard InChI is InChI=1S/C16H16N4O3S/c1-24(22,23)19-10-12-9-11(5-7-17-12)16(21)20-15-4-2-3-14-13(15)6-8-18-14/h2-9,18-19H,10H2,1H3,(H,20,21). The average molecular weight is 344 g/mol. The van der Waals surface area contributed by atoms with Gasteiger partial charge >= 0.3 is 0 Å². The van der Waals surface area contributed by atoms with Crippen LogP contribution in [0.3, 0.4) is 0 Å². The van der Waals surface area contributed by atoms with Crippen molar-refractivity contribution in [2.45, 2.75) is 6.54 Å². The minimum Gasteiger partial charge on any atom is -0.361 e.